The van der Waals surface area contributed by atoms with E-state index < -0.39 is 0 Å². The van der Waals surface area contributed by atoms with Crippen molar-refractivity contribution >= 4 is 6.02 Å². The van der Waals surface area contributed by atoms with Crippen molar-refractivity contribution in [1.29, 1.82) is 5.41 Å². The normalized spacial score (nSPS) is 30.1. The second-order valence-electron chi connectivity index (χ2n) is 2.63. The Morgan fingerprint density at radius 1 is 1.50 bits per heavy atom. The quantitative estimate of drug-likeness (QED) is 0.337. The molecule has 0 aromatic rings. The predicted octanol–water partition coefficient (Wildman–Crippen LogP) is 1.05. The molecule has 1 aliphatic rings. The maximum absolute atomic E-state index is 7.37. The average molecular weight is 142 g/mol. The van der Waals surface area contributed by atoms with Crippen LogP contribution in [-0.2, 0) is 4.74 Å². The van der Waals surface area contributed by atoms with Crippen molar-refractivity contribution in [3.05, 3.63) is 0 Å². The van der Waals surface area contributed by atoms with E-state index in [0.29, 0.717) is 24.7 Å². The number of nitrogens with zero attached hydrogens (tertiary/aromatic N) is 1. The Balaban J connectivity index is 2.31. The van der Waals surface area contributed by atoms with Gasteiger partial charge in [0, 0.05) is 0 Å². The number of amidine groups is 1. The van der Waals surface area contributed by atoms with Crippen molar-refractivity contribution in [2.24, 2.45) is 0 Å². The predicted molar refractivity (Wildman–Crippen MR) is 40.1 cm³/mol. The molecule has 0 radical (unpaired) electrons. The van der Waals surface area contributed by atoms with Gasteiger partial charge in [0.25, 0.3) is 6.02 Å². The van der Waals surface area contributed by atoms with Crippen LogP contribution in [0.25, 0.3) is 0 Å². The van der Waals surface area contributed by atoms with Crippen LogP contribution in [-0.4, -0.2) is 29.6 Å². The molecule has 0 saturated carbocycles. The molecule has 0 aromatic carbocycles. The lowest BCUT2D eigenvalue weighted by Gasteiger charge is -2.05. The molecule has 0 bridgehead atoms. The molecule has 3 heteroatoms. The third kappa shape index (κ3) is 1.08. The van der Waals surface area contributed by atoms with Crippen molar-refractivity contribution in [3.63, 3.8) is 0 Å². The highest BCUT2D eigenvalue weighted by molar-refractivity contribution is 5.74. The van der Waals surface area contributed by atoms with Gasteiger partial charge in [-0.2, -0.15) is 0 Å². The number of rotatable bonds is 1. The molecule has 1 heterocycles. The van der Waals surface area contributed by atoms with Gasteiger partial charge in [-0.25, -0.2) is 0 Å². The second kappa shape index (κ2) is 2.48. The number of nitrogens with one attached hydrogen (secondary N) is 1. The minimum Gasteiger partial charge on any atom is -0.466 e. The van der Waals surface area contributed by atoms with Crippen molar-refractivity contribution in [2.75, 3.05) is 6.61 Å². The Hall–Kier alpha value is -0.730. The Bertz CT molecular complexity index is 139. The zero-order valence-electron chi connectivity index (χ0n) is 6.72. The van der Waals surface area contributed by atoms with E-state index in [1.807, 2.05) is 11.8 Å². The first-order valence-electron chi connectivity index (χ1n) is 3.68. The lowest BCUT2D eigenvalue weighted by molar-refractivity contribution is 0.284. The molecule has 1 aliphatic heterocycles. The standard InChI is InChI=1S/C7H14N2O/c1-4-10-7(8)9-5(2)6(9)3/h5-6,8H,4H2,1-3H3/t5-,6+,9?. The zero-order chi connectivity index (χ0) is 7.72. The summed E-state index contributed by atoms with van der Waals surface area (Å²) in [5.41, 5.74) is 0. The Kier molecular flexibility index (Phi) is 1.83. The molecular weight excluding hydrogens is 128 g/mol. The van der Waals surface area contributed by atoms with Gasteiger partial charge in [-0.15, -0.1) is 0 Å². The minimum absolute atomic E-state index is 0.322. The molecule has 3 nitrogen and oxygen atoms in total. The molecule has 0 amide bonds. The van der Waals surface area contributed by atoms with Crippen LogP contribution in [0.4, 0.5) is 0 Å². The summed E-state index contributed by atoms with van der Waals surface area (Å²) in [4.78, 5) is 1.95. The van der Waals surface area contributed by atoms with Crippen LogP contribution in [0.15, 0.2) is 0 Å². The number of hydrogen-bond acceptors (Lipinski definition) is 2. The highest BCUT2D eigenvalue weighted by atomic mass is 16.5. The van der Waals surface area contributed by atoms with E-state index in [0.717, 1.165) is 0 Å². The van der Waals surface area contributed by atoms with Crippen LogP contribution in [0.5, 0.6) is 0 Å². The fourth-order valence-corrected chi connectivity index (χ4v) is 1.08. The highest BCUT2D eigenvalue weighted by Crippen LogP contribution is 2.26. The van der Waals surface area contributed by atoms with Gasteiger partial charge >= 0.3 is 0 Å². The van der Waals surface area contributed by atoms with E-state index in [-0.39, 0.29) is 0 Å². The van der Waals surface area contributed by atoms with E-state index in [2.05, 4.69) is 13.8 Å². The molecule has 0 aromatic heterocycles. The summed E-state index contributed by atoms with van der Waals surface area (Å²) in [5.74, 6) is 0. The maximum Gasteiger partial charge on any atom is 0.285 e. The SMILES string of the molecule is CCOC(=N)N1[C@H](C)[C@@H]1C. The largest absolute Gasteiger partial charge is 0.466 e. The van der Waals surface area contributed by atoms with Crippen molar-refractivity contribution in [3.8, 4) is 0 Å². The topological polar surface area (TPSA) is 36.1 Å². The van der Waals surface area contributed by atoms with Gasteiger partial charge in [-0.05, 0) is 20.8 Å². The molecule has 1 N–H and O–H groups in total. The third-order valence-corrected chi connectivity index (χ3v) is 2.00. The first-order chi connectivity index (χ1) is 4.68. The molecule has 0 aliphatic carbocycles. The van der Waals surface area contributed by atoms with E-state index >= 15 is 0 Å². The summed E-state index contributed by atoms with van der Waals surface area (Å²) in [6.07, 6.45) is 0. The molecule has 1 rings (SSSR count). The Morgan fingerprint density at radius 2 is 2.00 bits per heavy atom. The lowest BCUT2D eigenvalue weighted by atomic mass is 10.4. The van der Waals surface area contributed by atoms with Crippen molar-refractivity contribution in [2.45, 2.75) is 32.9 Å². The zero-order valence-corrected chi connectivity index (χ0v) is 6.72. The summed E-state index contributed by atoms with van der Waals surface area (Å²) < 4.78 is 5.02. The fraction of sp³-hybridized carbons (Fsp3) is 0.857. The summed E-state index contributed by atoms with van der Waals surface area (Å²) in [7, 11) is 0. The number of hydrogen-bond donors (Lipinski definition) is 1. The molecule has 1 fully saturated rings. The Morgan fingerprint density at radius 3 is 2.30 bits per heavy atom. The minimum atomic E-state index is 0.322. The van der Waals surface area contributed by atoms with Gasteiger partial charge < -0.3 is 9.64 Å². The van der Waals surface area contributed by atoms with Crippen LogP contribution in [0, 0.1) is 5.41 Å². The van der Waals surface area contributed by atoms with Crippen LogP contribution in [0.3, 0.4) is 0 Å². The van der Waals surface area contributed by atoms with E-state index in [4.69, 9.17) is 10.1 Å². The molecule has 0 spiro atoms. The third-order valence-electron chi connectivity index (χ3n) is 2.00. The van der Waals surface area contributed by atoms with Gasteiger partial charge in [0.05, 0.1) is 18.7 Å². The van der Waals surface area contributed by atoms with Gasteiger partial charge in [0.2, 0.25) is 0 Å². The van der Waals surface area contributed by atoms with E-state index in [1.54, 1.807) is 0 Å². The summed E-state index contributed by atoms with van der Waals surface area (Å²) >= 11 is 0. The Labute approximate surface area is 61.5 Å². The summed E-state index contributed by atoms with van der Waals surface area (Å²) in [6.45, 7) is 6.68. The first kappa shape index (κ1) is 7.38. The van der Waals surface area contributed by atoms with E-state index in [1.165, 1.54) is 0 Å². The van der Waals surface area contributed by atoms with Gasteiger partial charge in [-0.3, -0.25) is 5.41 Å². The molecule has 58 valence electrons. The van der Waals surface area contributed by atoms with Gasteiger partial charge in [-0.1, -0.05) is 0 Å². The van der Waals surface area contributed by atoms with Crippen molar-refractivity contribution in [1.82, 2.24) is 4.90 Å². The summed E-state index contributed by atoms with van der Waals surface area (Å²) in [5, 5.41) is 7.37. The molecular formula is C7H14N2O. The van der Waals surface area contributed by atoms with Crippen LogP contribution >= 0.6 is 0 Å². The lowest BCUT2D eigenvalue weighted by Crippen LogP contribution is -2.16. The molecule has 1 saturated heterocycles. The first-order valence-corrected chi connectivity index (χ1v) is 3.68. The van der Waals surface area contributed by atoms with E-state index in [9.17, 15) is 0 Å². The fourth-order valence-electron chi connectivity index (χ4n) is 1.08. The maximum atomic E-state index is 7.37. The highest BCUT2D eigenvalue weighted by Gasteiger charge is 2.42. The van der Waals surface area contributed by atoms with Crippen LogP contribution < -0.4 is 0 Å². The molecule has 2 atom stereocenters. The monoisotopic (exact) mass is 142 g/mol. The van der Waals surface area contributed by atoms with Gasteiger partial charge in [0.15, 0.2) is 0 Å². The second-order valence-corrected chi connectivity index (χ2v) is 2.63. The molecule has 0 unspecified atom stereocenters. The molecule has 10 heavy (non-hydrogen) atoms. The van der Waals surface area contributed by atoms with Crippen LogP contribution in [0.1, 0.15) is 20.8 Å². The summed E-state index contributed by atoms with van der Waals surface area (Å²) in [6, 6.07) is 1.32. The van der Waals surface area contributed by atoms with Gasteiger partial charge in [0.1, 0.15) is 0 Å². The number of ether oxygens (including phenoxy) is 1. The smallest absolute Gasteiger partial charge is 0.285 e. The van der Waals surface area contributed by atoms with Crippen LogP contribution in [0.2, 0.25) is 0 Å². The van der Waals surface area contributed by atoms with Crippen molar-refractivity contribution < 1.29 is 4.74 Å². The average Bonchev–Trinajstić information content (AvgIpc) is 2.42.